The molecule has 1 rings (SSSR count). The molecule has 106 valence electrons. The summed E-state index contributed by atoms with van der Waals surface area (Å²) in [5.41, 5.74) is 0.314. The molecule has 1 heterocycles. The molecule has 0 unspecified atom stereocenters. The summed E-state index contributed by atoms with van der Waals surface area (Å²) in [7, 11) is 0. The zero-order valence-corrected chi connectivity index (χ0v) is 13.0. The van der Waals surface area contributed by atoms with Gasteiger partial charge in [-0.2, -0.15) is 0 Å². The van der Waals surface area contributed by atoms with E-state index in [2.05, 4.69) is 20.9 Å². The van der Waals surface area contributed by atoms with Gasteiger partial charge in [-0.15, -0.1) is 0 Å². The summed E-state index contributed by atoms with van der Waals surface area (Å²) in [5, 5.41) is 9.04. The number of aromatic nitrogens is 1. The van der Waals surface area contributed by atoms with Gasteiger partial charge in [-0.3, -0.25) is 4.98 Å². The highest BCUT2D eigenvalue weighted by Gasteiger charge is 2.22. The number of ether oxygens (including phenoxy) is 1. The Morgan fingerprint density at radius 3 is 2.68 bits per heavy atom. The lowest BCUT2D eigenvalue weighted by atomic mass is 10.2. The topological polar surface area (TPSA) is 62.7 Å². The van der Waals surface area contributed by atoms with Crippen LogP contribution in [0.15, 0.2) is 22.9 Å². The first-order valence-electron chi connectivity index (χ1n) is 6.00. The lowest BCUT2D eigenvalue weighted by molar-refractivity contribution is 0.0201. The molecular formula is C13H19BrN2O3. The summed E-state index contributed by atoms with van der Waals surface area (Å²) in [6.07, 6.45) is 2.91. The minimum absolute atomic E-state index is 0.110. The van der Waals surface area contributed by atoms with Crippen LogP contribution in [0.3, 0.4) is 0 Å². The minimum atomic E-state index is -0.555. The summed E-state index contributed by atoms with van der Waals surface area (Å²) in [6.45, 7) is 5.89. The second kappa shape index (κ2) is 6.86. The zero-order valence-electron chi connectivity index (χ0n) is 11.4. The number of aliphatic hydroxyl groups is 1. The van der Waals surface area contributed by atoms with Gasteiger partial charge in [0.25, 0.3) is 0 Å². The standard InChI is InChI=1S/C13H19BrN2O3/c1-13(2,3)19-12(18)16(4-5-17)9-10-6-11(14)8-15-7-10/h6-8,17H,4-5,9H2,1-3H3. The number of pyridine rings is 1. The summed E-state index contributed by atoms with van der Waals surface area (Å²) in [4.78, 5) is 17.5. The Morgan fingerprint density at radius 2 is 2.16 bits per heavy atom. The molecule has 19 heavy (non-hydrogen) atoms. The number of hydrogen-bond acceptors (Lipinski definition) is 4. The molecule has 0 aromatic carbocycles. The third-order valence-electron chi connectivity index (χ3n) is 2.16. The molecular weight excluding hydrogens is 312 g/mol. The van der Waals surface area contributed by atoms with Crippen LogP contribution < -0.4 is 0 Å². The first-order chi connectivity index (χ1) is 8.81. The molecule has 1 amide bonds. The number of carbonyl (C=O) groups excluding carboxylic acids is 1. The summed E-state index contributed by atoms with van der Waals surface area (Å²) in [5.74, 6) is 0. The van der Waals surface area contributed by atoms with Gasteiger partial charge in [0, 0.05) is 23.4 Å². The van der Waals surface area contributed by atoms with Gasteiger partial charge < -0.3 is 14.7 Å². The van der Waals surface area contributed by atoms with Crippen molar-refractivity contribution in [3.63, 3.8) is 0 Å². The molecule has 0 spiro atoms. The van der Waals surface area contributed by atoms with Gasteiger partial charge in [-0.05, 0) is 48.3 Å². The maximum absolute atomic E-state index is 12.0. The van der Waals surface area contributed by atoms with Crippen molar-refractivity contribution in [2.24, 2.45) is 0 Å². The minimum Gasteiger partial charge on any atom is -0.444 e. The SMILES string of the molecule is CC(C)(C)OC(=O)N(CCO)Cc1cncc(Br)c1. The van der Waals surface area contributed by atoms with Gasteiger partial charge in [0.1, 0.15) is 5.60 Å². The third kappa shape index (κ3) is 6.02. The van der Waals surface area contributed by atoms with Gasteiger partial charge >= 0.3 is 6.09 Å². The molecule has 0 saturated carbocycles. The molecule has 0 bridgehead atoms. The number of halogens is 1. The molecule has 0 atom stereocenters. The largest absolute Gasteiger partial charge is 0.444 e. The highest BCUT2D eigenvalue weighted by atomic mass is 79.9. The zero-order chi connectivity index (χ0) is 14.5. The van der Waals surface area contributed by atoms with Gasteiger partial charge in [0.05, 0.1) is 13.2 Å². The average molecular weight is 331 g/mol. The number of nitrogens with zero attached hydrogens (tertiary/aromatic N) is 2. The van der Waals surface area contributed by atoms with Crippen LogP contribution in [0.4, 0.5) is 4.79 Å². The molecule has 0 fully saturated rings. The molecule has 1 N–H and O–H groups in total. The summed E-state index contributed by atoms with van der Waals surface area (Å²) in [6, 6.07) is 1.88. The van der Waals surface area contributed by atoms with Crippen LogP contribution in [0.2, 0.25) is 0 Å². The quantitative estimate of drug-likeness (QED) is 0.921. The van der Waals surface area contributed by atoms with Crippen molar-refractivity contribution in [3.8, 4) is 0 Å². The van der Waals surface area contributed by atoms with E-state index in [1.165, 1.54) is 4.90 Å². The summed E-state index contributed by atoms with van der Waals surface area (Å²) >= 11 is 3.33. The van der Waals surface area contributed by atoms with Gasteiger partial charge in [0.2, 0.25) is 0 Å². The van der Waals surface area contributed by atoms with Crippen molar-refractivity contribution in [1.82, 2.24) is 9.88 Å². The molecule has 1 aromatic heterocycles. The predicted molar refractivity (Wildman–Crippen MR) is 75.7 cm³/mol. The van der Waals surface area contributed by atoms with Gasteiger partial charge in [-0.25, -0.2) is 4.79 Å². The van der Waals surface area contributed by atoms with E-state index in [1.807, 2.05) is 26.8 Å². The number of rotatable bonds is 4. The van der Waals surface area contributed by atoms with Crippen LogP contribution in [0.25, 0.3) is 0 Å². The van der Waals surface area contributed by atoms with Crippen LogP contribution >= 0.6 is 15.9 Å². The Kier molecular flexibility index (Phi) is 5.75. The number of hydrogen-bond donors (Lipinski definition) is 1. The molecule has 0 aliphatic carbocycles. The maximum Gasteiger partial charge on any atom is 0.410 e. The number of amides is 1. The predicted octanol–water partition coefficient (Wildman–Crippen LogP) is 2.57. The molecule has 5 nitrogen and oxygen atoms in total. The normalized spacial score (nSPS) is 11.2. The van der Waals surface area contributed by atoms with Crippen LogP contribution in [0.5, 0.6) is 0 Å². The first-order valence-corrected chi connectivity index (χ1v) is 6.79. The first kappa shape index (κ1) is 15.9. The molecule has 0 aliphatic rings. The molecule has 1 aromatic rings. The molecule has 0 aliphatic heterocycles. The van der Waals surface area contributed by atoms with E-state index >= 15 is 0 Å². The maximum atomic E-state index is 12.0. The lowest BCUT2D eigenvalue weighted by Gasteiger charge is -2.27. The molecule has 6 heteroatoms. The van der Waals surface area contributed by atoms with Crippen LogP contribution in [0.1, 0.15) is 26.3 Å². The summed E-state index contributed by atoms with van der Waals surface area (Å²) < 4.78 is 6.14. The Bertz CT molecular complexity index is 432. The second-order valence-corrected chi connectivity index (χ2v) is 6.05. The molecule has 0 saturated heterocycles. The Hall–Kier alpha value is -1.14. The van der Waals surface area contributed by atoms with E-state index in [1.54, 1.807) is 12.4 Å². The van der Waals surface area contributed by atoms with Crippen molar-refractivity contribution in [1.29, 1.82) is 0 Å². The number of aliphatic hydroxyl groups excluding tert-OH is 1. The Labute approximate surface area is 121 Å². The van der Waals surface area contributed by atoms with Crippen molar-refractivity contribution < 1.29 is 14.6 Å². The Morgan fingerprint density at radius 1 is 1.47 bits per heavy atom. The van der Waals surface area contributed by atoms with E-state index in [9.17, 15) is 4.79 Å². The van der Waals surface area contributed by atoms with Crippen molar-refractivity contribution in [3.05, 3.63) is 28.5 Å². The van der Waals surface area contributed by atoms with Crippen LogP contribution in [0, 0.1) is 0 Å². The Balaban J connectivity index is 2.75. The van der Waals surface area contributed by atoms with E-state index in [0.717, 1.165) is 10.0 Å². The molecule has 0 radical (unpaired) electrons. The fourth-order valence-electron chi connectivity index (χ4n) is 1.44. The fourth-order valence-corrected chi connectivity index (χ4v) is 1.86. The van der Waals surface area contributed by atoms with Crippen molar-refractivity contribution in [2.75, 3.05) is 13.2 Å². The van der Waals surface area contributed by atoms with Gasteiger partial charge in [0.15, 0.2) is 0 Å². The van der Waals surface area contributed by atoms with Gasteiger partial charge in [-0.1, -0.05) is 0 Å². The van der Waals surface area contributed by atoms with Crippen molar-refractivity contribution in [2.45, 2.75) is 32.9 Å². The second-order valence-electron chi connectivity index (χ2n) is 5.14. The van der Waals surface area contributed by atoms with E-state index in [0.29, 0.717) is 6.54 Å². The fraction of sp³-hybridized carbons (Fsp3) is 0.538. The average Bonchev–Trinajstić information content (AvgIpc) is 2.26. The van der Waals surface area contributed by atoms with Crippen LogP contribution in [-0.2, 0) is 11.3 Å². The van der Waals surface area contributed by atoms with Crippen molar-refractivity contribution >= 4 is 22.0 Å². The lowest BCUT2D eigenvalue weighted by Crippen LogP contribution is -2.38. The number of carbonyl (C=O) groups is 1. The highest BCUT2D eigenvalue weighted by molar-refractivity contribution is 9.10. The highest BCUT2D eigenvalue weighted by Crippen LogP contribution is 2.14. The third-order valence-corrected chi connectivity index (χ3v) is 2.59. The monoisotopic (exact) mass is 330 g/mol. The van der Waals surface area contributed by atoms with Crippen LogP contribution in [-0.4, -0.2) is 39.8 Å². The smallest absolute Gasteiger partial charge is 0.410 e. The van der Waals surface area contributed by atoms with E-state index in [4.69, 9.17) is 9.84 Å². The van der Waals surface area contributed by atoms with E-state index < -0.39 is 11.7 Å². The van der Waals surface area contributed by atoms with E-state index in [-0.39, 0.29) is 13.2 Å².